The maximum absolute atomic E-state index is 12.5. The highest BCUT2D eigenvalue weighted by Gasteiger charge is 2.30. The van der Waals surface area contributed by atoms with Crippen molar-refractivity contribution in [3.8, 4) is 10.6 Å². The Morgan fingerprint density at radius 1 is 1.29 bits per heavy atom. The molecule has 0 aliphatic heterocycles. The average Bonchev–Trinajstić information content (AvgIpc) is 2.76. The lowest BCUT2D eigenvalue weighted by Crippen LogP contribution is -2.04. The van der Waals surface area contributed by atoms with Gasteiger partial charge in [0.15, 0.2) is 0 Å². The van der Waals surface area contributed by atoms with E-state index < -0.39 is 11.7 Å². The second-order valence-corrected chi connectivity index (χ2v) is 4.48. The van der Waals surface area contributed by atoms with Gasteiger partial charge in [0.25, 0.3) is 0 Å². The summed E-state index contributed by atoms with van der Waals surface area (Å²) < 4.78 is 37.5. The smallest absolute Gasteiger partial charge is 0.391 e. The second kappa shape index (κ2) is 4.46. The first-order valence-electron chi connectivity index (χ1n) is 4.74. The Labute approximate surface area is 99.4 Å². The molecule has 0 saturated carbocycles. The van der Waals surface area contributed by atoms with E-state index in [0.717, 1.165) is 12.1 Å². The summed E-state index contributed by atoms with van der Waals surface area (Å²) >= 11 is 1.18. The molecule has 2 nitrogen and oxygen atoms in total. The van der Waals surface area contributed by atoms with Crippen molar-refractivity contribution >= 4 is 11.3 Å². The van der Waals surface area contributed by atoms with Crippen molar-refractivity contribution in [1.29, 1.82) is 0 Å². The van der Waals surface area contributed by atoms with E-state index in [9.17, 15) is 13.2 Å². The Hall–Kier alpha value is -1.40. The van der Waals surface area contributed by atoms with Gasteiger partial charge in [0.05, 0.1) is 17.0 Å². The quantitative estimate of drug-likeness (QED) is 0.897. The molecule has 0 aliphatic carbocycles. The molecule has 90 valence electrons. The zero-order chi connectivity index (χ0) is 12.5. The van der Waals surface area contributed by atoms with Gasteiger partial charge in [-0.25, -0.2) is 4.98 Å². The zero-order valence-electron chi connectivity index (χ0n) is 8.53. The van der Waals surface area contributed by atoms with Crippen LogP contribution < -0.4 is 0 Å². The molecule has 2 rings (SSSR count). The second-order valence-electron chi connectivity index (χ2n) is 3.37. The lowest BCUT2D eigenvalue weighted by atomic mass is 10.1. The summed E-state index contributed by atoms with van der Waals surface area (Å²) in [4.78, 5) is 4.59. The minimum Gasteiger partial charge on any atom is -0.391 e. The number of rotatable bonds is 2. The SMILES string of the molecule is OCc1cnc(-c2cccc(C(F)(F)F)c2)s1. The molecule has 0 unspecified atom stereocenters. The number of aliphatic hydroxyl groups is 1. The maximum Gasteiger partial charge on any atom is 0.416 e. The normalized spacial score (nSPS) is 11.8. The molecule has 1 N–H and O–H groups in total. The van der Waals surface area contributed by atoms with Gasteiger partial charge in [-0.1, -0.05) is 12.1 Å². The van der Waals surface area contributed by atoms with Crippen molar-refractivity contribution in [3.63, 3.8) is 0 Å². The van der Waals surface area contributed by atoms with E-state index >= 15 is 0 Å². The minimum atomic E-state index is -4.35. The standard InChI is InChI=1S/C11H8F3NOS/c12-11(13,14)8-3-1-2-7(4-8)10-15-5-9(6-16)17-10/h1-5,16H,6H2. The molecule has 0 bridgehead atoms. The number of halogens is 3. The number of nitrogens with zero attached hydrogens (tertiary/aromatic N) is 1. The molecule has 0 fully saturated rings. The number of benzene rings is 1. The topological polar surface area (TPSA) is 33.1 Å². The third-order valence-corrected chi connectivity index (χ3v) is 3.18. The Morgan fingerprint density at radius 2 is 2.06 bits per heavy atom. The van der Waals surface area contributed by atoms with Crippen molar-refractivity contribution < 1.29 is 18.3 Å². The first-order valence-corrected chi connectivity index (χ1v) is 5.55. The molecule has 17 heavy (non-hydrogen) atoms. The summed E-state index contributed by atoms with van der Waals surface area (Å²) in [5.74, 6) is 0. The molecule has 0 atom stereocenters. The van der Waals surface area contributed by atoms with Gasteiger partial charge in [-0.05, 0) is 12.1 Å². The predicted molar refractivity (Wildman–Crippen MR) is 58.5 cm³/mol. The van der Waals surface area contributed by atoms with Gasteiger partial charge in [0.2, 0.25) is 0 Å². The molecule has 2 aromatic rings. The van der Waals surface area contributed by atoms with Crippen LogP contribution in [-0.4, -0.2) is 10.1 Å². The summed E-state index contributed by atoms with van der Waals surface area (Å²) in [6, 6.07) is 4.98. The van der Waals surface area contributed by atoms with Gasteiger partial charge in [-0.3, -0.25) is 0 Å². The van der Waals surface area contributed by atoms with E-state index in [1.807, 2.05) is 0 Å². The third-order valence-electron chi connectivity index (χ3n) is 2.15. The fourth-order valence-electron chi connectivity index (χ4n) is 1.34. The van der Waals surface area contributed by atoms with Crippen LogP contribution in [0.5, 0.6) is 0 Å². The molecule has 1 aromatic heterocycles. The fourth-order valence-corrected chi connectivity index (χ4v) is 2.11. The van der Waals surface area contributed by atoms with Crippen LogP contribution in [0.25, 0.3) is 10.6 Å². The Morgan fingerprint density at radius 3 is 2.65 bits per heavy atom. The number of alkyl halides is 3. The van der Waals surface area contributed by atoms with E-state index in [4.69, 9.17) is 5.11 Å². The molecular weight excluding hydrogens is 251 g/mol. The van der Waals surface area contributed by atoms with E-state index in [-0.39, 0.29) is 6.61 Å². The van der Waals surface area contributed by atoms with Gasteiger partial charge < -0.3 is 5.11 Å². The van der Waals surface area contributed by atoms with Crippen molar-refractivity contribution in [2.75, 3.05) is 0 Å². The van der Waals surface area contributed by atoms with Crippen molar-refractivity contribution in [3.05, 3.63) is 40.9 Å². The highest BCUT2D eigenvalue weighted by molar-refractivity contribution is 7.15. The molecule has 0 radical (unpaired) electrons. The van der Waals surface area contributed by atoms with Crippen molar-refractivity contribution in [1.82, 2.24) is 4.98 Å². The third kappa shape index (κ3) is 2.65. The van der Waals surface area contributed by atoms with E-state index in [1.165, 1.54) is 23.6 Å². The van der Waals surface area contributed by atoms with Crippen molar-refractivity contribution in [2.45, 2.75) is 12.8 Å². The van der Waals surface area contributed by atoms with Crippen LogP contribution in [0.1, 0.15) is 10.4 Å². The van der Waals surface area contributed by atoms with Crippen LogP contribution in [0, 0.1) is 0 Å². The van der Waals surface area contributed by atoms with Gasteiger partial charge in [-0.15, -0.1) is 11.3 Å². The van der Waals surface area contributed by atoms with Gasteiger partial charge in [0.1, 0.15) is 5.01 Å². The summed E-state index contributed by atoms with van der Waals surface area (Å²) in [7, 11) is 0. The van der Waals surface area contributed by atoms with E-state index in [1.54, 1.807) is 6.07 Å². The molecule has 0 saturated heterocycles. The first-order chi connectivity index (χ1) is 8.00. The molecule has 1 aromatic carbocycles. The first kappa shape index (κ1) is 12.1. The van der Waals surface area contributed by atoms with E-state index in [2.05, 4.69) is 4.98 Å². The van der Waals surface area contributed by atoms with Crippen molar-refractivity contribution in [2.24, 2.45) is 0 Å². The maximum atomic E-state index is 12.5. The average molecular weight is 259 g/mol. The van der Waals surface area contributed by atoms with Gasteiger partial charge in [0, 0.05) is 11.8 Å². The highest BCUT2D eigenvalue weighted by atomic mass is 32.1. The highest BCUT2D eigenvalue weighted by Crippen LogP contribution is 2.33. The van der Waals surface area contributed by atoms with Gasteiger partial charge >= 0.3 is 6.18 Å². The number of thiazole rings is 1. The van der Waals surface area contributed by atoms with Crippen LogP contribution in [0.4, 0.5) is 13.2 Å². The van der Waals surface area contributed by atoms with Crippen LogP contribution in [0.2, 0.25) is 0 Å². The number of aromatic nitrogens is 1. The number of hydrogen-bond acceptors (Lipinski definition) is 3. The van der Waals surface area contributed by atoms with Crippen LogP contribution in [0.15, 0.2) is 30.5 Å². The summed E-state index contributed by atoms with van der Waals surface area (Å²) in [5, 5.41) is 9.34. The number of hydrogen-bond donors (Lipinski definition) is 1. The molecular formula is C11H8F3NOS. The van der Waals surface area contributed by atoms with Gasteiger partial charge in [-0.2, -0.15) is 13.2 Å². The number of aliphatic hydroxyl groups excluding tert-OH is 1. The Balaban J connectivity index is 2.39. The molecule has 1 heterocycles. The molecule has 0 aliphatic rings. The van der Waals surface area contributed by atoms with Crippen LogP contribution in [0.3, 0.4) is 0 Å². The summed E-state index contributed by atoms with van der Waals surface area (Å²) in [6.45, 7) is -0.156. The lowest BCUT2D eigenvalue weighted by Gasteiger charge is -2.07. The monoisotopic (exact) mass is 259 g/mol. The minimum absolute atomic E-state index is 0.156. The predicted octanol–water partition coefficient (Wildman–Crippen LogP) is 3.32. The fraction of sp³-hybridized carbons (Fsp3) is 0.182. The Kier molecular flexibility index (Phi) is 3.17. The summed E-state index contributed by atoms with van der Waals surface area (Å²) in [5.41, 5.74) is -0.291. The molecule has 0 spiro atoms. The largest absolute Gasteiger partial charge is 0.416 e. The van der Waals surface area contributed by atoms with E-state index in [0.29, 0.717) is 15.4 Å². The zero-order valence-corrected chi connectivity index (χ0v) is 9.35. The van der Waals surface area contributed by atoms with Crippen LogP contribution >= 0.6 is 11.3 Å². The molecule has 0 amide bonds. The van der Waals surface area contributed by atoms with Crippen LogP contribution in [-0.2, 0) is 12.8 Å². The lowest BCUT2D eigenvalue weighted by molar-refractivity contribution is -0.137. The Bertz CT molecular complexity index is 521. The molecule has 6 heteroatoms. The summed E-state index contributed by atoms with van der Waals surface area (Å²) in [6.07, 6.45) is -2.90.